The van der Waals surface area contributed by atoms with Gasteiger partial charge in [0, 0.05) is 36.3 Å². The van der Waals surface area contributed by atoms with Crippen LogP contribution in [0.2, 0.25) is 0 Å². The van der Waals surface area contributed by atoms with E-state index in [0.29, 0.717) is 12.1 Å². The number of amides is 1. The Bertz CT molecular complexity index is 467. The first kappa shape index (κ1) is 14.0. The molecule has 1 amide bonds. The van der Waals surface area contributed by atoms with Crippen LogP contribution < -0.4 is 5.32 Å². The van der Waals surface area contributed by atoms with Crippen LogP contribution in [-0.4, -0.2) is 52.6 Å². The molecule has 0 aliphatic carbocycles. The second-order valence-electron chi connectivity index (χ2n) is 5.70. The molecule has 1 aromatic rings. The summed E-state index contributed by atoms with van der Waals surface area (Å²) >= 11 is 1.94. The van der Waals surface area contributed by atoms with Gasteiger partial charge in [0.05, 0.1) is 0 Å². The maximum Gasteiger partial charge on any atom is 0.270 e. The highest BCUT2D eigenvalue weighted by molar-refractivity contribution is 7.99. The summed E-state index contributed by atoms with van der Waals surface area (Å²) in [5.74, 6) is 2.32. The topological polar surface area (TPSA) is 37.3 Å². The van der Waals surface area contributed by atoms with E-state index in [4.69, 9.17) is 0 Å². The number of rotatable bonds is 2. The zero-order chi connectivity index (χ0) is 13.9. The largest absolute Gasteiger partial charge is 0.340 e. The Morgan fingerprint density at radius 3 is 2.95 bits per heavy atom. The molecule has 2 aliphatic rings. The van der Waals surface area contributed by atoms with E-state index >= 15 is 0 Å². The molecular weight excluding hydrogens is 270 g/mol. The Balaban J connectivity index is 1.79. The highest BCUT2D eigenvalue weighted by atomic mass is 32.2. The number of hydrogen-bond acceptors (Lipinski definition) is 3. The first-order valence-electron chi connectivity index (χ1n) is 7.53. The van der Waals surface area contributed by atoms with Crippen molar-refractivity contribution in [2.24, 2.45) is 0 Å². The van der Waals surface area contributed by atoms with Gasteiger partial charge in [-0.3, -0.25) is 4.79 Å². The third kappa shape index (κ3) is 2.74. The number of hydrogen-bond donors (Lipinski definition) is 1. The molecule has 0 aromatic carbocycles. The van der Waals surface area contributed by atoms with Crippen LogP contribution in [0.25, 0.3) is 0 Å². The maximum absolute atomic E-state index is 12.8. The molecular formula is C15H23N3OS. The lowest BCUT2D eigenvalue weighted by Crippen LogP contribution is -2.45. The highest BCUT2D eigenvalue weighted by Crippen LogP contribution is 2.24. The summed E-state index contributed by atoms with van der Waals surface area (Å²) in [7, 11) is 0. The van der Waals surface area contributed by atoms with E-state index in [1.807, 2.05) is 28.8 Å². The summed E-state index contributed by atoms with van der Waals surface area (Å²) in [5.41, 5.74) is 0.871. The number of carbonyl (C=O) groups excluding carboxylic acids is 1. The third-order valence-electron chi connectivity index (χ3n) is 4.33. The van der Waals surface area contributed by atoms with Crippen molar-refractivity contribution < 1.29 is 4.79 Å². The standard InChI is InChI=1S/C15H23N3OS/c1-12-11-20-10-9-17(12)15(19)14-3-2-8-18(14)13-4-6-16-7-5-13/h2-3,8,12-13,16H,4-7,9-11H2,1H3. The number of thioether (sulfide) groups is 1. The summed E-state index contributed by atoms with van der Waals surface area (Å²) in [6, 6.07) is 4.81. The Labute approximate surface area is 124 Å². The quantitative estimate of drug-likeness (QED) is 0.906. The van der Waals surface area contributed by atoms with Gasteiger partial charge in [-0.15, -0.1) is 0 Å². The third-order valence-corrected chi connectivity index (χ3v) is 5.52. The molecule has 1 unspecified atom stereocenters. The molecule has 1 aromatic heterocycles. The van der Waals surface area contributed by atoms with Gasteiger partial charge in [-0.05, 0) is 45.0 Å². The lowest BCUT2D eigenvalue weighted by molar-refractivity contribution is 0.0701. The molecule has 0 saturated carbocycles. The van der Waals surface area contributed by atoms with Crippen LogP contribution in [0.5, 0.6) is 0 Å². The van der Waals surface area contributed by atoms with Crippen molar-refractivity contribution >= 4 is 17.7 Å². The first-order valence-corrected chi connectivity index (χ1v) is 8.69. The number of piperidine rings is 1. The van der Waals surface area contributed by atoms with Crippen LogP contribution in [-0.2, 0) is 0 Å². The Hall–Kier alpha value is -0.940. The van der Waals surface area contributed by atoms with E-state index in [1.165, 1.54) is 0 Å². The number of nitrogens with zero attached hydrogens (tertiary/aromatic N) is 2. The van der Waals surface area contributed by atoms with Gasteiger partial charge in [0.2, 0.25) is 0 Å². The van der Waals surface area contributed by atoms with Crippen molar-refractivity contribution in [1.29, 1.82) is 0 Å². The van der Waals surface area contributed by atoms with Crippen LogP contribution in [0.3, 0.4) is 0 Å². The van der Waals surface area contributed by atoms with E-state index in [0.717, 1.165) is 49.7 Å². The van der Waals surface area contributed by atoms with Crippen molar-refractivity contribution in [2.75, 3.05) is 31.1 Å². The molecule has 5 heteroatoms. The van der Waals surface area contributed by atoms with Gasteiger partial charge in [0.15, 0.2) is 0 Å². The fourth-order valence-electron chi connectivity index (χ4n) is 3.15. The monoisotopic (exact) mass is 293 g/mol. The zero-order valence-electron chi connectivity index (χ0n) is 12.0. The van der Waals surface area contributed by atoms with Crippen molar-refractivity contribution in [1.82, 2.24) is 14.8 Å². The van der Waals surface area contributed by atoms with Gasteiger partial charge < -0.3 is 14.8 Å². The summed E-state index contributed by atoms with van der Waals surface area (Å²) < 4.78 is 2.21. The second kappa shape index (κ2) is 6.22. The lowest BCUT2D eigenvalue weighted by atomic mass is 10.1. The van der Waals surface area contributed by atoms with Crippen molar-refractivity contribution in [2.45, 2.75) is 31.8 Å². The average molecular weight is 293 g/mol. The van der Waals surface area contributed by atoms with Gasteiger partial charge in [-0.1, -0.05) is 0 Å². The van der Waals surface area contributed by atoms with Crippen molar-refractivity contribution in [3.8, 4) is 0 Å². The molecule has 20 heavy (non-hydrogen) atoms. The summed E-state index contributed by atoms with van der Waals surface area (Å²) in [6.45, 7) is 5.13. The molecule has 0 radical (unpaired) electrons. The Morgan fingerprint density at radius 1 is 1.40 bits per heavy atom. The Kier molecular flexibility index (Phi) is 4.36. The highest BCUT2D eigenvalue weighted by Gasteiger charge is 2.28. The van der Waals surface area contributed by atoms with Gasteiger partial charge in [-0.25, -0.2) is 0 Å². The summed E-state index contributed by atoms with van der Waals surface area (Å²) in [6.07, 6.45) is 4.30. The lowest BCUT2D eigenvalue weighted by Gasteiger charge is -2.34. The molecule has 0 bridgehead atoms. The fraction of sp³-hybridized carbons (Fsp3) is 0.667. The molecule has 1 atom stereocenters. The Morgan fingerprint density at radius 2 is 2.20 bits per heavy atom. The fourth-order valence-corrected chi connectivity index (χ4v) is 4.17. The molecule has 2 aliphatic heterocycles. The first-order chi connectivity index (χ1) is 9.77. The summed E-state index contributed by atoms with van der Waals surface area (Å²) in [5, 5.41) is 3.38. The van der Waals surface area contributed by atoms with Gasteiger partial charge in [0.1, 0.15) is 5.69 Å². The molecule has 2 fully saturated rings. The zero-order valence-corrected chi connectivity index (χ0v) is 12.9. The van der Waals surface area contributed by atoms with E-state index in [-0.39, 0.29) is 5.91 Å². The van der Waals surface area contributed by atoms with E-state index in [9.17, 15) is 4.79 Å². The normalized spacial score (nSPS) is 24.9. The number of aromatic nitrogens is 1. The SMILES string of the molecule is CC1CSCCN1C(=O)c1cccn1C1CCNCC1. The smallest absolute Gasteiger partial charge is 0.270 e. The van der Waals surface area contributed by atoms with Crippen LogP contribution in [0.4, 0.5) is 0 Å². The van der Waals surface area contributed by atoms with E-state index < -0.39 is 0 Å². The predicted octanol–water partition coefficient (Wildman–Crippen LogP) is 1.99. The van der Waals surface area contributed by atoms with Gasteiger partial charge in [-0.2, -0.15) is 11.8 Å². The van der Waals surface area contributed by atoms with Crippen molar-refractivity contribution in [3.05, 3.63) is 24.0 Å². The average Bonchev–Trinajstić information content (AvgIpc) is 2.97. The second-order valence-corrected chi connectivity index (χ2v) is 6.85. The van der Waals surface area contributed by atoms with Gasteiger partial charge in [0.25, 0.3) is 5.91 Å². The number of nitrogens with one attached hydrogen (secondary N) is 1. The van der Waals surface area contributed by atoms with E-state index in [1.54, 1.807) is 0 Å². The minimum atomic E-state index is 0.210. The molecule has 2 saturated heterocycles. The van der Waals surface area contributed by atoms with E-state index in [2.05, 4.69) is 23.0 Å². The molecule has 0 spiro atoms. The molecule has 4 nitrogen and oxygen atoms in total. The molecule has 3 heterocycles. The minimum absolute atomic E-state index is 0.210. The molecule has 1 N–H and O–H groups in total. The predicted molar refractivity (Wildman–Crippen MR) is 83.4 cm³/mol. The minimum Gasteiger partial charge on any atom is -0.340 e. The van der Waals surface area contributed by atoms with Gasteiger partial charge >= 0.3 is 0 Å². The number of carbonyl (C=O) groups is 1. The summed E-state index contributed by atoms with van der Waals surface area (Å²) in [4.78, 5) is 14.9. The van der Waals surface area contributed by atoms with Crippen molar-refractivity contribution in [3.63, 3.8) is 0 Å². The van der Waals surface area contributed by atoms with Crippen LogP contribution in [0, 0.1) is 0 Å². The maximum atomic E-state index is 12.8. The molecule has 110 valence electrons. The van der Waals surface area contributed by atoms with Crippen LogP contribution in [0.15, 0.2) is 18.3 Å². The van der Waals surface area contributed by atoms with Crippen LogP contribution in [0.1, 0.15) is 36.3 Å². The molecule has 3 rings (SSSR count). The van der Waals surface area contributed by atoms with Crippen LogP contribution >= 0.6 is 11.8 Å².